The van der Waals surface area contributed by atoms with E-state index in [1.165, 1.54) is 5.56 Å². The highest BCUT2D eigenvalue weighted by molar-refractivity contribution is 6.30. The van der Waals surface area contributed by atoms with Crippen LogP contribution in [0.15, 0.2) is 54.6 Å². The molecule has 0 radical (unpaired) electrons. The van der Waals surface area contributed by atoms with E-state index in [-0.39, 0.29) is 5.91 Å². The molecule has 6 heteroatoms. The summed E-state index contributed by atoms with van der Waals surface area (Å²) in [5.41, 5.74) is 4.48. The zero-order valence-corrected chi connectivity index (χ0v) is 16.4. The molecule has 1 aliphatic heterocycles. The van der Waals surface area contributed by atoms with Crippen LogP contribution >= 0.6 is 11.6 Å². The molecule has 0 saturated carbocycles. The summed E-state index contributed by atoms with van der Waals surface area (Å²) < 4.78 is 0. The van der Waals surface area contributed by atoms with E-state index in [0.717, 1.165) is 34.8 Å². The second-order valence-corrected chi connectivity index (χ2v) is 7.30. The van der Waals surface area contributed by atoms with Gasteiger partial charge in [0.1, 0.15) is 5.69 Å². The number of anilines is 2. The smallest absolute Gasteiger partial charge is 0.277 e. The van der Waals surface area contributed by atoms with Crippen LogP contribution in [0.3, 0.4) is 0 Å². The minimum absolute atomic E-state index is 0.0895. The first-order valence-electron chi connectivity index (χ1n) is 9.34. The predicted octanol–water partition coefficient (Wildman–Crippen LogP) is 4.30. The van der Waals surface area contributed by atoms with Crippen LogP contribution in [0.5, 0.6) is 0 Å². The fourth-order valence-electron chi connectivity index (χ4n) is 3.46. The Morgan fingerprint density at radius 1 is 1.14 bits per heavy atom. The average Bonchev–Trinajstić information content (AvgIpc) is 3.11. The molecule has 0 saturated heterocycles. The van der Waals surface area contributed by atoms with Crippen LogP contribution in [0.1, 0.15) is 27.3 Å². The molecule has 0 unspecified atom stereocenters. The zero-order chi connectivity index (χ0) is 19.5. The summed E-state index contributed by atoms with van der Waals surface area (Å²) in [5.74, 6) is 0.381. The van der Waals surface area contributed by atoms with E-state index in [9.17, 15) is 4.79 Å². The van der Waals surface area contributed by atoms with Crippen molar-refractivity contribution in [3.63, 3.8) is 0 Å². The number of carbonyl (C=O) groups is 1. The van der Waals surface area contributed by atoms with Gasteiger partial charge in [0.2, 0.25) is 5.95 Å². The van der Waals surface area contributed by atoms with Gasteiger partial charge < -0.3 is 10.2 Å². The second-order valence-electron chi connectivity index (χ2n) is 6.86. The van der Waals surface area contributed by atoms with Gasteiger partial charge in [0.25, 0.3) is 5.91 Å². The van der Waals surface area contributed by atoms with Crippen molar-refractivity contribution in [3.05, 3.63) is 82.1 Å². The Bertz CT molecular complexity index is 1020. The summed E-state index contributed by atoms with van der Waals surface area (Å²) in [4.78, 5) is 23.7. The van der Waals surface area contributed by atoms with E-state index in [2.05, 4.69) is 21.4 Å². The number of aryl methyl sites for hydroxylation is 1. The molecule has 4 rings (SSSR count). The molecule has 5 nitrogen and oxygen atoms in total. The Morgan fingerprint density at radius 3 is 2.86 bits per heavy atom. The summed E-state index contributed by atoms with van der Waals surface area (Å²) in [6, 6.07) is 17.5. The second kappa shape index (κ2) is 7.98. The van der Waals surface area contributed by atoms with Gasteiger partial charge in [-0.2, -0.15) is 0 Å². The van der Waals surface area contributed by atoms with E-state index in [1.54, 1.807) is 11.0 Å². The molecule has 1 N–H and O–H groups in total. The topological polar surface area (TPSA) is 58.1 Å². The van der Waals surface area contributed by atoms with Gasteiger partial charge in [-0.15, -0.1) is 0 Å². The number of para-hydroxylation sites is 1. The number of hydrogen-bond acceptors (Lipinski definition) is 4. The molecule has 1 aliphatic rings. The normalized spacial score (nSPS) is 12.7. The molecule has 28 heavy (non-hydrogen) atoms. The van der Waals surface area contributed by atoms with E-state index in [1.807, 2.05) is 49.4 Å². The number of aromatic nitrogens is 2. The SMILES string of the molecule is Cc1cc(C(=O)N2CCc3ccccc32)nc(NCCc2cccc(Cl)c2)n1. The summed E-state index contributed by atoms with van der Waals surface area (Å²) in [6.45, 7) is 3.21. The molecule has 1 amide bonds. The molecule has 142 valence electrons. The van der Waals surface area contributed by atoms with Gasteiger partial charge in [-0.3, -0.25) is 4.79 Å². The average molecular weight is 393 g/mol. The van der Waals surface area contributed by atoms with Crippen LogP contribution < -0.4 is 10.2 Å². The van der Waals surface area contributed by atoms with Crippen LogP contribution in [0, 0.1) is 6.92 Å². The van der Waals surface area contributed by atoms with Crippen molar-refractivity contribution in [1.82, 2.24) is 9.97 Å². The largest absolute Gasteiger partial charge is 0.354 e. The van der Waals surface area contributed by atoms with Gasteiger partial charge in [0, 0.05) is 29.5 Å². The first-order chi connectivity index (χ1) is 13.6. The fourth-order valence-corrected chi connectivity index (χ4v) is 3.67. The van der Waals surface area contributed by atoms with E-state index < -0.39 is 0 Å². The van der Waals surface area contributed by atoms with E-state index in [0.29, 0.717) is 24.7 Å². The van der Waals surface area contributed by atoms with Crippen molar-refractivity contribution in [2.45, 2.75) is 19.8 Å². The van der Waals surface area contributed by atoms with E-state index >= 15 is 0 Å². The van der Waals surface area contributed by atoms with E-state index in [4.69, 9.17) is 11.6 Å². The summed E-state index contributed by atoms with van der Waals surface area (Å²) in [7, 11) is 0. The molecule has 0 atom stereocenters. The molecule has 1 aromatic heterocycles. The quantitative estimate of drug-likeness (QED) is 0.703. The van der Waals surface area contributed by atoms with Crippen LogP contribution in [-0.4, -0.2) is 29.0 Å². The summed E-state index contributed by atoms with van der Waals surface area (Å²) in [6.07, 6.45) is 1.66. The maximum atomic E-state index is 13.0. The number of halogens is 1. The van der Waals surface area contributed by atoms with Crippen LogP contribution in [-0.2, 0) is 12.8 Å². The Balaban J connectivity index is 1.47. The Labute approximate surface area is 169 Å². The van der Waals surface area contributed by atoms with Gasteiger partial charge in [0.05, 0.1) is 0 Å². The molecule has 2 heterocycles. The van der Waals surface area contributed by atoms with Crippen molar-refractivity contribution in [3.8, 4) is 0 Å². The zero-order valence-electron chi connectivity index (χ0n) is 15.7. The van der Waals surface area contributed by atoms with Crippen LogP contribution in [0.4, 0.5) is 11.6 Å². The third-order valence-electron chi connectivity index (χ3n) is 4.79. The fraction of sp³-hybridized carbons (Fsp3) is 0.227. The van der Waals surface area contributed by atoms with Gasteiger partial charge in [-0.1, -0.05) is 41.9 Å². The molecule has 0 fully saturated rings. The number of nitrogens with one attached hydrogen (secondary N) is 1. The maximum Gasteiger partial charge on any atom is 0.277 e. The number of hydrogen-bond donors (Lipinski definition) is 1. The lowest BCUT2D eigenvalue weighted by atomic mass is 10.1. The van der Waals surface area contributed by atoms with Gasteiger partial charge in [0.15, 0.2) is 0 Å². The predicted molar refractivity (Wildman–Crippen MR) is 112 cm³/mol. The Hall–Kier alpha value is -2.92. The number of fused-ring (bicyclic) bond motifs is 1. The molecular weight excluding hydrogens is 372 g/mol. The standard InChI is InChI=1S/C22H21ClN4O/c1-15-13-19(21(28)27-12-10-17-6-2-3-8-20(17)27)26-22(25-15)24-11-9-16-5-4-7-18(23)14-16/h2-8,13-14H,9-12H2,1H3,(H,24,25,26). The Kier molecular flexibility index (Phi) is 5.26. The molecule has 0 aliphatic carbocycles. The van der Waals surface area contributed by atoms with Crippen molar-refractivity contribution in [1.29, 1.82) is 0 Å². The summed E-state index contributed by atoms with van der Waals surface area (Å²) >= 11 is 6.03. The van der Waals surface area contributed by atoms with Gasteiger partial charge >= 0.3 is 0 Å². The van der Waals surface area contributed by atoms with Crippen molar-refractivity contribution >= 4 is 29.1 Å². The molecule has 2 aromatic carbocycles. The van der Waals surface area contributed by atoms with Crippen molar-refractivity contribution in [2.24, 2.45) is 0 Å². The molecule has 0 spiro atoms. The molecular formula is C22H21ClN4O. The lowest BCUT2D eigenvalue weighted by molar-refractivity contribution is 0.0984. The van der Waals surface area contributed by atoms with Crippen molar-refractivity contribution < 1.29 is 4.79 Å². The third kappa shape index (κ3) is 3.99. The number of amides is 1. The highest BCUT2D eigenvalue weighted by atomic mass is 35.5. The van der Waals surface area contributed by atoms with Gasteiger partial charge in [-0.05, 0) is 55.2 Å². The van der Waals surface area contributed by atoms with Crippen molar-refractivity contribution in [2.75, 3.05) is 23.3 Å². The number of carbonyl (C=O) groups excluding carboxylic acids is 1. The molecule has 0 bridgehead atoms. The number of rotatable bonds is 5. The number of nitrogens with zero attached hydrogens (tertiary/aromatic N) is 3. The molecule has 3 aromatic rings. The number of benzene rings is 2. The Morgan fingerprint density at radius 2 is 2.00 bits per heavy atom. The first-order valence-corrected chi connectivity index (χ1v) is 9.72. The van der Waals surface area contributed by atoms with Gasteiger partial charge in [-0.25, -0.2) is 9.97 Å². The van der Waals surface area contributed by atoms with Crippen LogP contribution in [0.25, 0.3) is 0 Å². The lowest BCUT2D eigenvalue weighted by Crippen LogP contribution is -2.30. The minimum atomic E-state index is -0.0895. The minimum Gasteiger partial charge on any atom is -0.354 e. The van der Waals surface area contributed by atoms with Crippen LogP contribution in [0.2, 0.25) is 5.02 Å². The lowest BCUT2D eigenvalue weighted by Gasteiger charge is -2.17. The summed E-state index contributed by atoms with van der Waals surface area (Å²) in [5, 5.41) is 3.95. The first kappa shape index (κ1) is 18.4. The monoisotopic (exact) mass is 392 g/mol. The maximum absolute atomic E-state index is 13.0. The third-order valence-corrected chi connectivity index (χ3v) is 5.03. The highest BCUT2D eigenvalue weighted by Crippen LogP contribution is 2.28. The highest BCUT2D eigenvalue weighted by Gasteiger charge is 2.26.